The highest BCUT2D eigenvalue weighted by Gasteiger charge is 2.34. The van der Waals surface area contributed by atoms with E-state index in [0.29, 0.717) is 5.75 Å². The molecule has 0 aromatic heterocycles. The lowest BCUT2D eigenvalue weighted by atomic mass is 10.1. The molecule has 6 nitrogen and oxygen atoms in total. The van der Waals surface area contributed by atoms with Gasteiger partial charge in [-0.3, -0.25) is 9.59 Å². The third kappa shape index (κ3) is 4.74. The zero-order valence-corrected chi connectivity index (χ0v) is 14.9. The van der Waals surface area contributed by atoms with Gasteiger partial charge in [-0.05, 0) is 32.4 Å². The average Bonchev–Trinajstić information content (AvgIpc) is 2.52. The van der Waals surface area contributed by atoms with E-state index in [2.05, 4.69) is 10.6 Å². The van der Waals surface area contributed by atoms with E-state index in [4.69, 9.17) is 4.74 Å². The zero-order chi connectivity index (χ0) is 17.7. The van der Waals surface area contributed by atoms with Crippen molar-refractivity contribution in [1.29, 1.82) is 0 Å². The van der Waals surface area contributed by atoms with Crippen LogP contribution in [0.2, 0.25) is 0 Å². The summed E-state index contributed by atoms with van der Waals surface area (Å²) in [4.78, 5) is 35.9. The fraction of sp³-hybridized carbons (Fsp3) is 0.471. The monoisotopic (exact) mass is 350 g/mol. The van der Waals surface area contributed by atoms with Crippen molar-refractivity contribution in [3.05, 3.63) is 29.3 Å². The fourth-order valence-electron chi connectivity index (χ4n) is 2.44. The first kappa shape index (κ1) is 18.3. The van der Waals surface area contributed by atoms with Crippen LogP contribution in [-0.2, 0) is 19.1 Å². The maximum Gasteiger partial charge on any atom is 0.329 e. The lowest BCUT2D eigenvalue weighted by Crippen LogP contribution is -2.51. The standard InChI is InChI=1S/C17H22N2O4S/c1-4-23-17(22)13-9-24-14(16(21)19-13)8-15(20)18-12-6-5-10(2)7-11(12)3/h5-7,13-14H,4,8-9H2,1-3H3,(H,18,20)(H,19,21)/t13-,14+/m1/s1. The van der Waals surface area contributed by atoms with E-state index >= 15 is 0 Å². The number of thioether (sulfide) groups is 1. The Kier molecular flexibility index (Phi) is 6.25. The second kappa shape index (κ2) is 8.19. The van der Waals surface area contributed by atoms with Gasteiger partial charge in [0.1, 0.15) is 6.04 Å². The van der Waals surface area contributed by atoms with Gasteiger partial charge >= 0.3 is 5.97 Å². The lowest BCUT2D eigenvalue weighted by molar-refractivity contribution is -0.146. The molecule has 7 heteroatoms. The molecule has 2 amide bonds. The van der Waals surface area contributed by atoms with Crippen molar-refractivity contribution in [2.75, 3.05) is 17.7 Å². The van der Waals surface area contributed by atoms with E-state index in [1.54, 1.807) is 6.92 Å². The third-order valence-corrected chi connectivity index (χ3v) is 4.98. The van der Waals surface area contributed by atoms with Gasteiger partial charge in [-0.15, -0.1) is 11.8 Å². The molecule has 2 rings (SSSR count). The Labute approximate surface area is 145 Å². The average molecular weight is 350 g/mol. The zero-order valence-electron chi connectivity index (χ0n) is 14.0. The Bertz CT molecular complexity index is 647. The molecule has 24 heavy (non-hydrogen) atoms. The first-order valence-corrected chi connectivity index (χ1v) is 8.91. The summed E-state index contributed by atoms with van der Waals surface area (Å²) in [5, 5.41) is 4.96. The number of aryl methyl sites for hydroxylation is 2. The molecule has 130 valence electrons. The first-order chi connectivity index (χ1) is 11.4. The Morgan fingerprint density at radius 3 is 2.75 bits per heavy atom. The SMILES string of the molecule is CCOC(=O)[C@H]1CS[C@@H](CC(=O)Nc2ccc(C)cc2C)C(=O)N1. The Hall–Kier alpha value is -2.02. The third-order valence-electron chi connectivity index (χ3n) is 3.67. The molecule has 2 N–H and O–H groups in total. The molecule has 1 aliphatic heterocycles. The molecule has 1 saturated heterocycles. The maximum absolute atomic E-state index is 12.2. The van der Waals surface area contributed by atoms with Crippen LogP contribution in [0.1, 0.15) is 24.5 Å². The van der Waals surface area contributed by atoms with Crippen LogP contribution in [0, 0.1) is 13.8 Å². The number of nitrogens with one attached hydrogen (secondary N) is 2. The summed E-state index contributed by atoms with van der Waals surface area (Å²) in [6, 6.07) is 5.13. The fourth-order valence-corrected chi connectivity index (χ4v) is 3.57. The van der Waals surface area contributed by atoms with Crippen LogP contribution in [0.5, 0.6) is 0 Å². The molecule has 1 aliphatic rings. The second-order valence-corrected chi connectivity index (χ2v) is 6.94. The first-order valence-electron chi connectivity index (χ1n) is 7.86. The minimum Gasteiger partial charge on any atom is -0.464 e. The molecular weight excluding hydrogens is 328 g/mol. The number of amides is 2. The van der Waals surface area contributed by atoms with E-state index in [-0.39, 0.29) is 24.8 Å². The smallest absolute Gasteiger partial charge is 0.329 e. The van der Waals surface area contributed by atoms with Gasteiger partial charge in [0.15, 0.2) is 0 Å². The van der Waals surface area contributed by atoms with Gasteiger partial charge in [0.05, 0.1) is 11.9 Å². The van der Waals surface area contributed by atoms with Gasteiger partial charge in [-0.25, -0.2) is 4.79 Å². The Morgan fingerprint density at radius 2 is 2.12 bits per heavy atom. The van der Waals surface area contributed by atoms with Crippen molar-refractivity contribution < 1.29 is 19.1 Å². The lowest BCUT2D eigenvalue weighted by Gasteiger charge is -2.27. The number of benzene rings is 1. The van der Waals surface area contributed by atoms with E-state index in [9.17, 15) is 14.4 Å². The number of carbonyl (C=O) groups excluding carboxylic acids is 3. The summed E-state index contributed by atoms with van der Waals surface area (Å²) in [6.45, 7) is 5.91. The molecule has 1 aromatic carbocycles. The topological polar surface area (TPSA) is 84.5 Å². The van der Waals surface area contributed by atoms with E-state index < -0.39 is 17.3 Å². The van der Waals surface area contributed by atoms with Gasteiger partial charge in [-0.1, -0.05) is 17.7 Å². The van der Waals surface area contributed by atoms with Crippen molar-refractivity contribution >= 4 is 35.2 Å². The Morgan fingerprint density at radius 1 is 1.38 bits per heavy atom. The molecule has 1 heterocycles. The van der Waals surface area contributed by atoms with Crippen LogP contribution in [-0.4, -0.2) is 41.4 Å². The molecule has 0 bridgehead atoms. The minimum atomic E-state index is -0.638. The molecule has 1 aromatic rings. The van der Waals surface area contributed by atoms with Crippen LogP contribution >= 0.6 is 11.8 Å². The van der Waals surface area contributed by atoms with Gasteiger partial charge in [0.25, 0.3) is 0 Å². The van der Waals surface area contributed by atoms with Crippen molar-refractivity contribution in [2.24, 2.45) is 0 Å². The van der Waals surface area contributed by atoms with Crippen molar-refractivity contribution in [2.45, 2.75) is 38.5 Å². The summed E-state index contributed by atoms with van der Waals surface area (Å²) in [7, 11) is 0. The summed E-state index contributed by atoms with van der Waals surface area (Å²) in [5.41, 5.74) is 2.85. The number of hydrogen-bond donors (Lipinski definition) is 2. The van der Waals surface area contributed by atoms with Crippen LogP contribution in [0.25, 0.3) is 0 Å². The summed E-state index contributed by atoms with van der Waals surface area (Å²) >= 11 is 1.31. The van der Waals surface area contributed by atoms with Gasteiger partial charge in [-0.2, -0.15) is 0 Å². The molecule has 0 aliphatic carbocycles. The number of anilines is 1. The van der Waals surface area contributed by atoms with Crippen LogP contribution in [0.15, 0.2) is 18.2 Å². The largest absolute Gasteiger partial charge is 0.464 e. The molecule has 2 atom stereocenters. The highest BCUT2D eigenvalue weighted by molar-refractivity contribution is 8.00. The van der Waals surface area contributed by atoms with Crippen LogP contribution < -0.4 is 10.6 Å². The quantitative estimate of drug-likeness (QED) is 0.791. The van der Waals surface area contributed by atoms with Crippen LogP contribution in [0.4, 0.5) is 5.69 Å². The van der Waals surface area contributed by atoms with Crippen molar-refractivity contribution in [3.8, 4) is 0 Å². The number of hydrogen-bond acceptors (Lipinski definition) is 5. The summed E-state index contributed by atoms with van der Waals surface area (Å²) < 4.78 is 4.90. The molecule has 1 fully saturated rings. The van der Waals surface area contributed by atoms with E-state index in [1.807, 2.05) is 32.0 Å². The molecule has 0 unspecified atom stereocenters. The van der Waals surface area contributed by atoms with Gasteiger partial charge < -0.3 is 15.4 Å². The molecule has 0 spiro atoms. The van der Waals surface area contributed by atoms with E-state index in [0.717, 1.165) is 16.8 Å². The minimum absolute atomic E-state index is 0.0688. The van der Waals surface area contributed by atoms with Crippen LogP contribution in [0.3, 0.4) is 0 Å². The van der Waals surface area contributed by atoms with Crippen molar-refractivity contribution in [1.82, 2.24) is 5.32 Å². The number of carbonyl (C=O) groups is 3. The number of rotatable bonds is 5. The summed E-state index contributed by atoms with van der Waals surface area (Å²) in [5.74, 6) is -0.549. The number of ether oxygens (including phenoxy) is 1. The molecule has 0 saturated carbocycles. The predicted octanol–water partition coefficient (Wildman–Crippen LogP) is 1.80. The normalized spacial score (nSPS) is 20.2. The maximum atomic E-state index is 12.2. The molecular formula is C17H22N2O4S. The second-order valence-electron chi connectivity index (χ2n) is 5.71. The highest BCUT2D eigenvalue weighted by atomic mass is 32.2. The van der Waals surface area contributed by atoms with Gasteiger partial charge in [0, 0.05) is 17.9 Å². The molecule has 0 radical (unpaired) electrons. The predicted molar refractivity (Wildman–Crippen MR) is 94.0 cm³/mol. The highest BCUT2D eigenvalue weighted by Crippen LogP contribution is 2.23. The van der Waals surface area contributed by atoms with Crippen molar-refractivity contribution in [3.63, 3.8) is 0 Å². The van der Waals surface area contributed by atoms with Gasteiger partial charge in [0.2, 0.25) is 11.8 Å². The number of esters is 1. The summed E-state index contributed by atoms with van der Waals surface area (Å²) in [6.07, 6.45) is 0.0688. The Balaban J connectivity index is 1.89. The van der Waals surface area contributed by atoms with E-state index in [1.165, 1.54) is 11.8 Å².